The fraction of sp³-hybridized carbons (Fsp3) is 0.308. The maximum atomic E-state index is 13.5. The van der Waals surface area contributed by atoms with Crippen molar-refractivity contribution in [1.82, 2.24) is 4.90 Å². The molecular weight excluding hydrogens is 297 g/mol. The molecule has 0 fully saturated rings. The molecule has 21 heavy (non-hydrogen) atoms. The van der Waals surface area contributed by atoms with Crippen molar-refractivity contribution >= 4 is 11.7 Å². The van der Waals surface area contributed by atoms with Crippen LogP contribution in [0.4, 0.5) is 26.7 Å². The molecule has 1 N–H and O–H groups in total. The van der Waals surface area contributed by atoms with E-state index in [0.29, 0.717) is 6.07 Å². The second-order valence-corrected chi connectivity index (χ2v) is 4.49. The first-order chi connectivity index (χ1) is 9.71. The summed E-state index contributed by atoms with van der Waals surface area (Å²) in [6.07, 6.45) is -4.95. The Bertz CT molecular complexity index is 609. The fourth-order valence-electron chi connectivity index (χ4n) is 2.18. The second-order valence-electron chi connectivity index (χ2n) is 4.49. The molecule has 0 atom stereocenters. The first-order valence-corrected chi connectivity index (χ1v) is 5.94. The summed E-state index contributed by atoms with van der Waals surface area (Å²) in [7, 11) is 0. The Morgan fingerprint density at radius 3 is 2.38 bits per heavy atom. The van der Waals surface area contributed by atoms with E-state index in [-0.39, 0.29) is 25.1 Å². The van der Waals surface area contributed by atoms with Gasteiger partial charge in [0.1, 0.15) is 5.56 Å². The van der Waals surface area contributed by atoms with Gasteiger partial charge in [-0.1, -0.05) is 12.1 Å². The van der Waals surface area contributed by atoms with E-state index in [0.717, 1.165) is 11.0 Å². The molecule has 0 unspecified atom stereocenters. The van der Waals surface area contributed by atoms with Crippen LogP contribution in [-0.2, 0) is 6.18 Å². The van der Waals surface area contributed by atoms with Crippen LogP contribution in [0.15, 0.2) is 18.2 Å². The third-order valence-electron chi connectivity index (χ3n) is 3.20. The highest BCUT2D eigenvalue weighted by Gasteiger charge is 2.39. The quantitative estimate of drug-likeness (QED) is 0.803. The van der Waals surface area contributed by atoms with E-state index in [1.54, 1.807) is 0 Å². The van der Waals surface area contributed by atoms with Crippen LogP contribution in [0.1, 0.15) is 17.5 Å². The fourth-order valence-corrected chi connectivity index (χ4v) is 2.18. The van der Waals surface area contributed by atoms with E-state index in [2.05, 4.69) is 0 Å². The van der Waals surface area contributed by atoms with E-state index in [9.17, 15) is 26.7 Å². The Morgan fingerprint density at radius 2 is 1.90 bits per heavy atom. The van der Waals surface area contributed by atoms with E-state index in [4.69, 9.17) is 5.11 Å². The van der Waals surface area contributed by atoms with Gasteiger partial charge in [0.25, 0.3) is 0 Å². The lowest BCUT2D eigenvalue weighted by Gasteiger charge is -2.25. The normalized spacial score (nSPS) is 15.9. The third kappa shape index (κ3) is 2.98. The van der Waals surface area contributed by atoms with Gasteiger partial charge in [0, 0.05) is 13.1 Å². The number of benzene rings is 1. The monoisotopic (exact) mass is 307 g/mol. The summed E-state index contributed by atoms with van der Waals surface area (Å²) in [6.45, 7) is -0.0988. The van der Waals surface area contributed by atoms with Crippen molar-refractivity contribution in [2.45, 2.75) is 12.6 Å². The van der Waals surface area contributed by atoms with Crippen LogP contribution in [0.2, 0.25) is 0 Å². The lowest BCUT2D eigenvalue weighted by Crippen LogP contribution is -2.33. The minimum absolute atomic E-state index is 0.000449. The second kappa shape index (κ2) is 5.34. The number of halogens is 5. The topological polar surface area (TPSA) is 40.5 Å². The predicted molar refractivity (Wildman–Crippen MR) is 63.6 cm³/mol. The predicted octanol–water partition coefficient (Wildman–Crippen LogP) is 3.75. The van der Waals surface area contributed by atoms with Crippen LogP contribution in [0, 0.1) is 11.6 Å². The van der Waals surface area contributed by atoms with Crippen molar-refractivity contribution in [2.24, 2.45) is 0 Å². The average molecular weight is 307 g/mol. The molecule has 0 aliphatic carbocycles. The van der Waals surface area contributed by atoms with E-state index in [1.165, 1.54) is 6.08 Å². The van der Waals surface area contributed by atoms with Crippen molar-refractivity contribution < 1.29 is 31.9 Å². The summed E-state index contributed by atoms with van der Waals surface area (Å²) in [6, 6.07) is 1.49. The standard InChI is InChI=1S/C13H10F5NO2/c14-9-2-1-8(10(11(9)15)13(16,17)18)7-3-5-19(6-4-7)12(20)21/h1-3H,4-6H2,(H,20,21). The number of hydrogen-bond acceptors (Lipinski definition) is 1. The number of alkyl halides is 3. The maximum absolute atomic E-state index is 13.5. The molecule has 1 aliphatic heterocycles. The van der Waals surface area contributed by atoms with Gasteiger partial charge < -0.3 is 10.0 Å². The van der Waals surface area contributed by atoms with Crippen LogP contribution in [0.5, 0.6) is 0 Å². The molecule has 2 rings (SSSR count). The van der Waals surface area contributed by atoms with Crippen molar-refractivity contribution in [3.05, 3.63) is 41.0 Å². The molecule has 0 aromatic heterocycles. The van der Waals surface area contributed by atoms with Gasteiger partial charge in [-0.05, 0) is 23.6 Å². The number of hydrogen-bond donors (Lipinski definition) is 1. The molecule has 1 aliphatic rings. The number of carbonyl (C=O) groups is 1. The zero-order chi connectivity index (χ0) is 15.8. The van der Waals surface area contributed by atoms with Crippen LogP contribution in [0.3, 0.4) is 0 Å². The smallest absolute Gasteiger partial charge is 0.419 e. The Hall–Kier alpha value is -2.12. The minimum Gasteiger partial charge on any atom is -0.465 e. The molecule has 0 spiro atoms. The van der Waals surface area contributed by atoms with Crippen molar-refractivity contribution in [1.29, 1.82) is 0 Å². The molecule has 3 nitrogen and oxygen atoms in total. The number of amides is 1. The van der Waals surface area contributed by atoms with Gasteiger partial charge in [0.2, 0.25) is 0 Å². The van der Waals surface area contributed by atoms with E-state index >= 15 is 0 Å². The first kappa shape index (κ1) is 15.3. The van der Waals surface area contributed by atoms with Gasteiger partial charge in [-0.3, -0.25) is 0 Å². The van der Waals surface area contributed by atoms with Gasteiger partial charge in [-0.25, -0.2) is 13.6 Å². The lowest BCUT2D eigenvalue weighted by molar-refractivity contribution is -0.140. The van der Waals surface area contributed by atoms with E-state index < -0.39 is 35.0 Å². The van der Waals surface area contributed by atoms with Gasteiger partial charge in [-0.2, -0.15) is 13.2 Å². The zero-order valence-electron chi connectivity index (χ0n) is 10.5. The van der Waals surface area contributed by atoms with Crippen molar-refractivity contribution in [3.63, 3.8) is 0 Å². The van der Waals surface area contributed by atoms with Gasteiger partial charge in [-0.15, -0.1) is 0 Å². The molecule has 0 radical (unpaired) electrons. The summed E-state index contributed by atoms with van der Waals surface area (Å²) in [4.78, 5) is 11.7. The summed E-state index contributed by atoms with van der Waals surface area (Å²) in [5.41, 5.74) is -1.96. The molecule has 1 amide bonds. The van der Waals surface area contributed by atoms with Crippen LogP contribution >= 0.6 is 0 Å². The van der Waals surface area contributed by atoms with Crippen LogP contribution in [-0.4, -0.2) is 29.2 Å². The molecular formula is C13H10F5NO2. The SMILES string of the molecule is O=C(O)N1CC=C(c2ccc(F)c(F)c2C(F)(F)F)CC1. The van der Waals surface area contributed by atoms with E-state index in [1.807, 2.05) is 0 Å². The Balaban J connectivity index is 2.46. The molecule has 0 bridgehead atoms. The van der Waals surface area contributed by atoms with Crippen LogP contribution < -0.4 is 0 Å². The van der Waals surface area contributed by atoms with Gasteiger partial charge in [0.15, 0.2) is 11.6 Å². The number of rotatable bonds is 1. The Morgan fingerprint density at radius 1 is 1.24 bits per heavy atom. The highest BCUT2D eigenvalue weighted by Crippen LogP contribution is 2.39. The Kier molecular flexibility index (Phi) is 3.89. The average Bonchev–Trinajstić information content (AvgIpc) is 2.40. The Labute approximate surface area is 116 Å². The summed E-state index contributed by atoms with van der Waals surface area (Å²) >= 11 is 0. The maximum Gasteiger partial charge on any atom is 0.419 e. The lowest BCUT2D eigenvalue weighted by atomic mass is 9.94. The third-order valence-corrected chi connectivity index (χ3v) is 3.20. The number of nitrogens with zero attached hydrogens (tertiary/aromatic N) is 1. The molecule has 8 heteroatoms. The van der Waals surface area contributed by atoms with Gasteiger partial charge in [0.05, 0.1) is 0 Å². The molecule has 114 valence electrons. The van der Waals surface area contributed by atoms with Crippen LogP contribution in [0.25, 0.3) is 5.57 Å². The molecule has 1 aromatic rings. The number of carboxylic acid groups (broad SMARTS) is 1. The largest absolute Gasteiger partial charge is 0.465 e. The van der Waals surface area contributed by atoms with Gasteiger partial charge >= 0.3 is 12.3 Å². The summed E-state index contributed by atoms with van der Waals surface area (Å²) in [5.74, 6) is -3.52. The molecule has 1 aromatic carbocycles. The minimum atomic E-state index is -5.04. The molecule has 1 heterocycles. The molecule has 0 saturated heterocycles. The molecule has 0 saturated carbocycles. The first-order valence-electron chi connectivity index (χ1n) is 5.94. The highest BCUT2D eigenvalue weighted by molar-refractivity contribution is 5.73. The summed E-state index contributed by atoms with van der Waals surface area (Å²) in [5, 5.41) is 8.77. The summed E-state index contributed by atoms with van der Waals surface area (Å²) < 4.78 is 65.3. The zero-order valence-corrected chi connectivity index (χ0v) is 10.5. The van der Waals surface area contributed by atoms with Crippen molar-refractivity contribution in [3.8, 4) is 0 Å². The van der Waals surface area contributed by atoms with Crippen molar-refractivity contribution in [2.75, 3.05) is 13.1 Å². The highest BCUT2D eigenvalue weighted by atomic mass is 19.4.